The number of aromatic nitrogens is 3. The minimum Gasteiger partial charge on any atom is -0.386 e. The predicted molar refractivity (Wildman–Crippen MR) is 50.8 cm³/mol. The molecule has 13 heavy (non-hydrogen) atoms. The molecular weight excluding hydrogens is 166 g/mol. The van der Waals surface area contributed by atoms with Gasteiger partial charge in [0.1, 0.15) is 6.10 Å². The van der Waals surface area contributed by atoms with E-state index in [1.807, 2.05) is 20.8 Å². The Morgan fingerprint density at radius 2 is 2.15 bits per heavy atom. The van der Waals surface area contributed by atoms with Gasteiger partial charge in [-0.05, 0) is 5.41 Å². The summed E-state index contributed by atoms with van der Waals surface area (Å²) in [6.45, 7) is 9.61. The van der Waals surface area contributed by atoms with E-state index in [1.165, 1.54) is 4.68 Å². The number of hydrogen-bond acceptors (Lipinski definition) is 3. The van der Waals surface area contributed by atoms with Crippen LogP contribution in [0.4, 0.5) is 0 Å². The van der Waals surface area contributed by atoms with Crippen molar-refractivity contribution in [2.45, 2.75) is 26.9 Å². The molecule has 4 heteroatoms. The Bertz CT molecular complexity index is 284. The molecule has 1 heterocycles. The molecular formula is C9H15N3O. The smallest absolute Gasteiger partial charge is 0.100 e. The molecule has 1 aromatic heterocycles. The number of rotatable bonds is 2. The molecule has 4 nitrogen and oxygen atoms in total. The molecule has 0 aliphatic carbocycles. The predicted octanol–water partition coefficient (Wildman–Crippen LogP) is 1.16. The van der Waals surface area contributed by atoms with Crippen LogP contribution in [0.15, 0.2) is 19.0 Å². The minimum atomic E-state index is -0.616. The van der Waals surface area contributed by atoms with Crippen molar-refractivity contribution in [1.29, 1.82) is 0 Å². The third-order valence-corrected chi connectivity index (χ3v) is 1.85. The second-order valence-corrected chi connectivity index (χ2v) is 4.11. The van der Waals surface area contributed by atoms with Gasteiger partial charge in [0.25, 0.3) is 0 Å². The second kappa shape index (κ2) is 3.30. The Morgan fingerprint density at radius 3 is 2.54 bits per heavy atom. The lowest BCUT2D eigenvalue weighted by atomic mass is 9.87. The molecule has 0 saturated carbocycles. The highest BCUT2D eigenvalue weighted by Gasteiger charge is 2.25. The summed E-state index contributed by atoms with van der Waals surface area (Å²) in [5.41, 5.74) is 0.313. The second-order valence-electron chi connectivity index (χ2n) is 4.11. The van der Waals surface area contributed by atoms with Crippen LogP contribution in [-0.4, -0.2) is 26.2 Å². The fraction of sp³-hybridized carbons (Fsp3) is 0.556. The summed E-state index contributed by atoms with van der Waals surface area (Å²) >= 11 is 0. The Kier molecular flexibility index (Phi) is 2.52. The van der Waals surface area contributed by atoms with E-state index in [2.05, 4.69) is 16.9 Å². The molecule has 72 valence electrons. The monoisotopic (exact) mass is 181 g/mol. The van der Waals surface area contributed by atoms with Crippen molar-refractivity contribution in [1.82, 2.24) is 15.0 Å². The van der Waals surface area contributed by atoms with Gasteiger partial charge in [-0.1, -0.05) is 32.6 Å². The van der Waals surface area contributed by atoms with Crippen molar-refractivity contribution >= 4 is 5.70 Å². The number of nitrogens with zero attached hydrogens (tertiary/aromatic N) is 3. The van der Waals surface area contributed by atoms with E-state index >= 15 is 0 Å². The Labute approximate surface area is 77.9 Å². The zero-order chi connectivity index (χ0) is 10.1. The van der Waals surface area contributed by atoms with Gasteiger partial charge >= 0.3 is 0 Å². The summed E-state index contributed by atoms with van der Waals surface area (Å²) in [7, 11) is 0. The van der Waals surface area contributed by atoms with Gasteiger partial charge in [-0.3, -0.25) is 0 Å². The fourth-order valence-corrected chi connectivity index (χ4v) is 0.987. The van der Waals surface area contributed by atoms with Crippen LogP contribution in [0.25, 0.3) is 5.70 Å². The summed E-state index contributed by atoms with van der Waals surface area (Å²) in [5.74, 6) is 0. The molecule has 0 saturated heterocycles. The quantitative estimate of drug-likeness (QED) is 0.744. The Morgan fingerprint density at radius 1 is 1.54 bits per heavy atom. The van der Waals surface area contributed by atoms with Crippen LogP contribution in [0.5, 0.6) is 0 Å². The van der Waals surface area contributed by atoms with E-state index < -0.39 is 6.10 Å². The van der Waals surface area contributed by atoms with Crippen LogP contribution >= 0.6 is 0 Å². The van der Waals surface area contributed by atoms with Gasteiger partial charge in [-0.2, -0.15) is 0 Å². The maximum Gasteiger partial charge on any atom is 0.100 e. The van der Waals surface area contributed by atoms with E-state index in [1.54, 1.807) is 12.4 Å². The van der Waals surface area contributed by atoms with E-state index in [9.17, 15) is 5.11 Å². The maximum atomic E-state index is 9.84. The maximum absolute atomic E-state index is 9.84. The topological polar surface area (TPSA) is 50.9 Å². The van der Waals surface area contributed by atoms with Crippen molar-refractivity contribution in [3.05, 3.63) is 19.0 Å². The lowest BCUT2D eigenvalue weighted by molar-refractivity contribution is 0.108. The lowest BCUT2D eigenvalue weighted by Crippen LogP contribution is -2.29. The van der Waals surface area contributed by atoms with Crippen LogP contribution in [0.2, 0.25) is 0 Å². The summed E-state index contributed by atoms with van der Waals surface area (Å²) in [6, 6.07) is 0. The van der Waals surface area contributed by atoms with Gasteiger partial charge in [0.15, 0.2) is 0 Å². The van der Waals surface area contributed by atoms with E-state index in [0.29, 0.717) is 5.70 Å². The molecule has 1 rings (SSSR count). The van der Waals surface area contributed by atoms with E-state index in [-0.39, 0.29) is 5.41 Å². The van der Waals surface area contributed by atoms with Crippen LogP contribution in [0, 0.1) is 5.41 Å². The lowest BCUT2D eigenvalue weighted by Gasteiger charge is -2.26. The zero-order valence-corrected chi connectivity index (χ0v) is 8.23. The van der Waals surface area contributed by atoms with Crippen LogP contribution < -0.4 is 0 Å². The number of hydrogen-bond donors (Lipinski definition) is 1. The van der Waals surface area contributed by atoms with Crippen molar-refractivity contribution < 1.29 is 5.11 Å². The molecule has 1 atom stereocenters. The number of aliphatic hydroxyl groups excluding tert-OH is 1. The van der Waals surface area contributed by atoms with E-state index in [0.717, 1.165) is 0 Å². The molecule has 1 unspecified atom stereocenters. The van der Waals surface area contributed by atoms with Crippen molar-refractivity contribution in [3.8, 4) is 0 Å². The molecule has 0 radical (unpaired) electrons. The molecule has 1 aromatic rings. The third-order valence-electron chi connectivity index (χ3n) is 1.85. The highest BCUT2D eigenvalue weighted by atomic mass is 16.3. The summed E-state index contributed by atoms with van der Waals surface area (Å²) in [6.07, 6.45) is 2.60. The van der Waals surface area contributed by atoms with Gasteiger partial charge < -0.3 is 5.11 Å². The van der Waals surface area contributed by atoms with Gasteiger partial charge in [0.2, 0.25) is 0 Å². The van der Waals surface area contributed by atoms with Crippen molar-refractivity contribution in [2.75, 3.05) is 0 Å². The van der Waals surface area contributed by atoms with Crippen LogP contribution in [-0.2, 0) is 0 Å². The van der Waals surface area contributed by atoms with Crippen LogP contribution in [0.1, 0.15) is 20.8 Å². The average Bonchev–Trinajstić information content (AvgIpc) is 2.51. The number of aliphatic hydroxyl groups is 1. The van der Waals surface area contributed by atoms with E-state index in [4.69, 9.17) is 0 Å². The van der Waals surface area contributed by atoms with Crippen LogP contribution in [0.3, 0.4) is 0 Å². The molecule has 1 N–H and O–H groups in total. The molecule has 0 aliphatic heterocycles. The van der Waals surface area contributed by atoms with Gasteiger partial charge in [-0.15, -0.1) is 5.10 Å². The molecule has 0 aliphatic rings. The molecule has 0 spiro atoms. The largest absolute Gasteiger partial charge is 0.386 e. The normalized spacial score (nSPS) is 14.2. The minimum absolute atomic E-state index is 0.233. The zero-order valence-electron chi connectivity index (χ0n) is 8.23. The first-order chi connectivity index (χ1) is 5.93. The molecule has 0 bridgehead atoms. The summed E-state index contributed by atoms with van der Waals surface area (Å²) in [5, 5.41) is 17.2. The standard InChI is InChI=1S/C9H15N3O/c1-7(8(13)9(2,3)4)12-6-5-10-11-12/h5-6,8,13H,1H2,2-4H3. The fourth-order valence-electron chi connectivity index (χ4n) is 0.987. The first kappa shape index (κ1) is 9.92. The molecule has 0 fully saturated rings. The van der Waals surface area contributed by atoms with Gasteiger partial charge in [0, 0.05) is 0 Å². The first-order valence-corrected chi connectivity index (χ1v) is 4.16. The Balaban J connectivity index is 2.81. The molecule has 0 aromatic carbocycles. The summed E-state index contributed by atoms with van der Waals surface area (Å²) < 4.78 is 1.48. The SMILES string of the molecule is C=C(C(O)C(C)(C)C)n1ccnn1. The van der Waals surface area contributed by atoms with Gasteiger partial charge in [-0.25, -0.2) is 4.68 Å². The van der Waals surface area contributed by atoms with Crippen molar-refractivity contribution in [3.63, 3.8) is 0 Å². The van der Waals surface area contributed by atoms with Gasteiger partial charge in [0.05, 0.1) is 18.1 Å². The highest BCUT2D eigenvalue weighted by molar-refractivity contribution is 5.45. The first-order valence-electron chi connectivity index (χ1n) is 4.16. The van der Waals surface area contributed by atoms with Crippen molar-refractivity contribution in [2.24, 2.45) is 5.41 Å². The highest BCUT2D eigenvalue weighted by Crippen LogP contribution is 2.25. The summed E-state index contributed by atoms with van der Waals surface area (Å²) in [4.78, 5) is 0. The third kappa shape index (κ3) is 2.15. The average molecular weight is 181 g/mol. The Hall–Kier alpha value is -1.16. The molecule has 0 amide bonds.